The summed E-state index contributed by atoms with van der Waals surface area (Å²) in [6.45, 7) is 6.32. The van der Waals surface area contributed by atoms with Gasteiger partial charge in [-0.3, -0.25) is 4.79 Å². The summed E-state index contributed by atoms with van der Waals surface area (Å²) in [5.41, 5.74) is 5.87. The SMILES string of the molecule is CCOCCCC(=O)N1CCCCC1CC(C)N. The summed E-state index contributed by atoms with van der Waals surface area (Å²) < 4.78 is 5.27. The molecule has 0 aromatic heterocycles. The smallest absolute Gasteiger partial charge is 0.222 e. The molecule has 0 saturated carbocycles. The molecule has 1 heterocycles. The lowest BCUT2D eigenvalue weighted by Gasteiger charge is -2.36. The number of hydrogen-bond acceptors (Lipinski definition) is 3. The van der Waals surface area contributed by atoms with Gasteiger partial charge in [-0.25, -0.2) is 0 Å². The summed E-state index contributed by atoms with van der Waals surface area (Å²) in [5, 5.41) is 0. The third-order valence-electron chi connectivity index (χ3n) is 3.47. The molecule has 0 aromatic carbocycles. The Balaban J connectivity index is 2.37. The van der Waals surface area contributed by atoms with Crippen LogP contribution >= 0.6 is 0 Å². The molecule has 2 unspecified atom stereocenters. The molecule has 1 amide bonds. The van der Waals surface area contributed by atoms with Crippen LogP contribution in [0.4, 0.5) is 0 Å². The Hall–Kier alpha value is -0.610. The summed E-state index contributed by atoms with van der Waals surface area (Å²) in [7, 11) is 0. The first kappa shape index (κ1) is 15.4. The number of nitrogens with two attached hydrogens (primary N) is 1. The average Bonchev–Trinajstić information content (AvgIpc) is 2.34. The van der Waals surface area contributed by atoms with Gasteiger partial charge in [0.1, 0.15) is 0 Å². The quantitative estimate of drug-likeness (QED) is 0.708. The van der Waals surface area contributed by atoms with Crippen LogP contribution in [0, 0.1) is 0 Å². The summed E-state index contributed by atoms with van der Waals surface area (Å²) in [4.78, 5) is 14.2. The van der Waals surface area contributed by atoms with Crippen molar-refractivity contribution in [2.24, 2.45) is 5.73 Å². The van der Waals surface area contributed by atoms with E-state index in [2.05, 4.69) is 4.90 Å². The molecule has 0 bridgehead atoms. The summed E-state index contributed by atoms with van der Waals surface area (Å²) in [6.07, 6.45) is 5.83. The minimum Gasteiger partial charge on any atom is -0.382 e. The van der Waals surface area contributed by atoms with Gasteiger partial charge in [0.2, 0.25) is 5.91 Å². The molecule has 0 aromatic rings. The Morgan fingerprint density at radius 1 is 1.50 bits per heavy atom. The second kappa shape index (κ2) is 8.48. The standard InChI is InChI=1S/C14H28N2O2/c1-3-18-10-6-8-14(17)16-9-5-4-7-13(16)11-12(2)15/h12-13H,3-11,15H2,1-2H3. The van der Waals surface area contributed by atoms with Crippen molar-refractivity contribution in [3.05, 3.63) is 0 Å². The largest absolute Gasteiger partial charge is 0.382 e. The van der Waals surface area contributed by atoms with E-state index in [1.165, 1.54) is 6.42 Å². The zero-order valence-corrected chi connectivity index (χ0v) is 11.9. The van der Waals surface area contributed by atoms with Gasteiger partial charge in [-0.05, 0) is 46.0 Å². The molecule has 2 atom stereocenters. The summed E-state index contributed by atoms with van der Waals surface area (Å²) in [6, 6.07) is 0.533. The first-order chi connectivity index (χ1) is 8.65. The fraction of sp³-hybridized carbons (Fsp3) is 0.929. The van der Waals surface area contributed by atoms with Gasteiger partial charge < -0.3 is 15.4 Å². The van der Waals surface area contributed by atoms with Crippen molar-refractivity contribution in [3.8, 4) is 0 Å². The van der Waals surface area contributed by atoms with E-state index in [4.69, 9.17) is 10.5 Å². The minimum atomic E-state index is 0.173. The summed E-state index contributed by atoms with van der Waals surface area (Å²) in [5.74, 6) is 0.278. The van der Waals surface area contributed by atoms with Crippen LogP contribution in [0.2, 0.25) is 0 Å². The Labute approximate surface area is 111 Å². The van der Waals surface area contributed by atoms with E-state index in [0.29, 0.717) is 19.1 Å². The van der Waals surface area contributed by atoms with E-state index in [0.717, 1.165) is 38.8 Å². The van der Waals surface area contributed by atoms with Gasteiger partial charge in [-0.2, -0.15) is 0 Å². The van der Waals surface area contributed by atoms with Gasteiger partial charge >= 0.3 is 0 Å². The van der Waals surface area contributed by atoms with Crippen LogP contribution in [0.1, 0.15) is 52.4 Å². The average molecular weight is 256 g/mol. The normalized spacial score (nSPS) is 21.9. The lowest BCUT2D eigenvalue weighted by molar-refractivity contribution is -0.135. The van der Waals surface area contributed by atoms with Crippen molar-refractivity contribution < 1.29 is 9.53 Å². The molecule has 2 N–H and O–H groups in total. The van der Waals surface area contributed by atoms with Gasteiger partial charge in [-0.1, -0.05) is 0 Å². The molecular formula is C14H28N2O2. The highest BCUT2D eigenvalue weighted by Gasteiger charge is 2.26. The van der Waals surface area contributed by atoms with E-state index in [1.54, 1.807) is 0 Å². The van der Waals surface area contributed by atoms with Crippen molar-refractivity contribution in [1.82, 2.24) is 4.90 Å². The molecule has 0 aliphatic carbocycles. The second-order valence-corrected chi connectivity index (χ2v) is 5.25. The van der Waals surface area contributed by atoms with Crippen LogP contribution in [0.25, 0.3) is 0 Å². The Morgan fingerprint density at radius 3 is 2.94 bits per heavy atom. The zero-order valence-electron chi connectivity index (χ0n) is 11.9. The fourth-order valence-electron chi connectivity index (χ4n) is 2.62. The van der Waals surface area contributed by atoms with Gasteiger partial charge in [-0.15, -0.1) is 0 Å². The highest BCUT2D eigenvalue weighted by Crippen LogP contribution is 2.21. The monoisotopic (exact) mass is 256 g/mol. The number of piperidine rings is 1. The van der Waals surface area contributed by atoms with Crippen molar-refractivity contribution in [2.45, 2.75) is 64.5 Å². The lowest BCUT2D eigenvalue weighted by atomic mass is 9.96. The topological polar surface area (TPSA) is 55.6 Å². The van der Waals surface area contributed by atoms with Crippen molar-refractivity contribution in [1.29, 1.82) is 0 Å². The molecule has 4 nitrogen and oxygen atoms in total. The zero-order chi connectivity index (χ0) is 13.4. The van der Waals surface area contributed by atoms with Crippen LogP contribution in [0.5, 0.6) is 0 Å². The summed E-state index contributed by atoms with van der Waals surface area (Å²) >= 11 is 0. The van der Waals surface area contributed by atoms with Crippen molar-refractivity contribution >= 4 is 5.91 Å². The number of likely N-dealkylation sites (tertiary alicyclic amines) is 1. The third-order valence-corrected chi connectivity index (χ3v) is 3.47. The first-order valence-corrected chi connectivity index (χ1v) is 7.28. The third kappa shape index (κ3) is 5.36. The number of carbonyl (C=O) groups is 1. The molecule has 1 fully saturated rings. The number of rotatable bonds is 7. The molecule has 1 aliphatic heterocycles. The molecule has 1 rings (SSSR count). The number of hydrogen-bond donors (Lipinski definition) is 1. The van der Waals surface area contributed by atoms with E-state index in [9.17, 15) is 4.79 Å². The number of carbonyl (C=O) groups excluding carboxylic acids is 1. The number of nitrogens with zero attached hydrogens (tertiary/aromatic N) is 1. The predicted molar refractivity (Wildman–Crippen MR) is 73.3 cm³/mol. The Kier molecular flexibility index (Phi) is 7.28. The van der Waals surface area contributed by atoms with Gasteiger partial charge in [0.05, 0.1) is 0 Å². The van der Waals surface area contributed by atoms with Crippen molar-refractivity contribution in [2.75, 3.05) is 19.8 Å². The van der Waals surface area contributed by atoms with E-state index in [-0.39, 0.29) is 11.9 Å². The maximum atomic E-state index is 12.2. The first-order valence-electron chi connectivity index (χ1n) is 7.28. The molecule has 0 spiro atoms. The number of ether oxygens (including phenoxy) is 1. The van der Waals surface area contributed by atoms with E-state index < -0.39 is 0 Å². The fourth-order valence-corrected chi connectivity index (χ4v) is 2.62. The molecular weight excluding hydrogens is 228 g/mol. The molecule has 0 radical (unpaired) electrons. The van der Waals surface area contributed by atoms with Crippen LogP contribution in [-0.2, 0) is 9.53 Å². The van der Waals surface area contributed by atoms with E-state index >= 15 is 0 Å². The molecule has 4 heteroatoms. The molecule has 1 saturated heterocycles. The Bertz CT molecular complexity index is 244. The van der Waals surface area contributed by atoms with Crippen LogP contribution in [-0.4, -0.2) is 42.6 Å². The Morgan fingerprint density at radius 2 is 2.28 bits per heavy atom. The van der Waals surface area contributed by atoms with Crippen LogP contribution in [0.15, 0.2) is 0 Å². The molecule has 18 heavy (non-hydrogen) atoms. The molecule has 1 aliphatic rings. The van der Waals surface area contributed by atoms with Crippen LogP contribution in [0.3, 0.4) is 0 Å². The second-order valence-electron chi connectivity index (χ2n) is 5.25. The van der Waals surface area contributed by atoms with Gasteiger partial charge in [0.25, 0.3) is 0 Å². The van der Waals surface area contributed by atoms with E-state index in [1.807, 2.05) is 13.8 Å². The maximum Gasteiger partial charge on any atom is 0.222 e. The van der Waals surface area contributed by atoms with Gasteiger partial charge in [0.15, 0.2) is 0 Å². The maximum absolute atomic E-state index is 12.2. The predicted octanol–water partition coefficient (Wildman–Crippen LogP) is 1.92. The number of amides is 1. The van der Waals surface area contributed by atoms with Crippen LogP contribution < -0.4 is 5.73 Å². The highest BCUT2D eigenvalue weighted by molar-refractivity contribution is 5.76. The highest BCUT2D eigenvalue weighted by atomic mass is 16.5. The lowest BCUT2D eigenvalue weighted by Crippen LogP contribution is -2.45. The minimum absolute atomic E-state index is 0.173. The molecule has 106 valence electrons. The van der Waals surface area contributed by atoms with Gasteiger partial charge in [0, 0.05) is 38.3 Å². The van der Waals surface area contributed by atoms with Crippen molar-refractivity contribution in [3.63, 3.8) is 0 Å².